The molecule has 0 aliphatic carbocycles. The zero-order valence-corrected chi connectivity index (χ0v) is 11.9. The Hall–Kier alpha value is -0.710. The zero-order valence-electron chi connectivity index (χ0n) is 11.1. The molecule has 4 heteroatoms. The fraction of sp³-hybridized carbons (Fsp3) is 0.538. The molecule has 0 aliphatic heterocycles. The molecule has 0 spiro atoms. The Bertz CT molecular complexity index is 353. The van der Waals surface area contributed by atoms with Crippen LogP contribution >= 0.6 is 11.8 Å². The van der Waals surface area contributed by atoms with E-state index in [9.17, 15) is 0 Å². The third-order valence-corrected chi connectivity index (χ3v) is 3.55. The topological polar surface area (TPSA) is 38.5 Å². The van der Waals surface area contributed by atoms with E-state index < -0.39 is 0 Å². The molecule has 0 fully saturated rings. The number of hydrogen-bond acceptors (Lipinski definition) is 4. The van der Waals surface area contributed by atoms with E-state index in [1.54, 1.807) is 7.11 Å². The van der Waals surface area contributed by atoms with Gasteiger partial charge in [0.1, 0.15) is 5.75 Å². The number of nitrogens with two attached hydrogens (primary N) is 1. The van der Waals surface area contributed by atoms with Gasteiger partial charge in [0.2, 0.25) is 0 Å². The summed E-state index contributed by atoms with van der Waals surface area (Å²) in [5, 5.41) is 0. The molecule has 96 valence electrons. The second-order valence-corrected chi connectivity index (χ2v) is 5.45. The highest BCUT2D eigenvalue weighted by Gasteiger charge is 2.13. The van der Waals surface area contributed by atoms with Gasteiger partial charge < -0.3 is 15.4 Å². The minimum absolute atomic E-state index is 0.00648. The summed E-state index contributed by atoms with van der Waals surface area (Å²) in [6.45, 7) is 3.05. The van der Waals surface area contributed by atoms with Gasteiger partial charge in [-0.2, -0.15) is 0 Å². The van der Waals surface area contributed by atoms with Crippen molar-refractivity contribution in [2.75, 3.05) is 33.5 Å². The van der Waals surface area contributed by atoms with E-state index in [2.05, 4.69) is 25.1 Å². The number of benzene rings is 1. The molecule has 0 aromatic heterocycles. The molecule has 0 saturated carbocycles. The van der Waals surface area contributed by atoms with Gasteiger partial charge in [-0.25, -0.2) is 0 Å². The fourth-order valence-electron chi connectivity index (χ4n) is 1.61. The lowest BCUT2D eigenvalue weighted by molar-refractivity contribution is 0.405. The van der Waals surface area contributed by atoms with Gasteiger partial charge in [0.15, 0.2) is 0 Å². The standard InChI is InChI=1S/C13H22N2OS/c1-10(14)13-11(16-4)6-5-7-12(13)17-9-8-15(2)3/h5-7,10H,8-9,14H2,1-4H3. The van der Waals surface area contributed by atoms with Crippen molar-refractivity contribution in [1.82, 2.24) is 4.90 Å². The number of rotatable bonds is 6. The van der Waals surface area contributed by atoms with Crippen molar-refractivity contribution >= 4 is 11.8 Å². The van der Waals surface area contributed by atoms with Crippen molar-refractivity contribution in [3.63, 3.8) is 0 Å². The van der Waals surface area contributed by atoms with Crippen LogP contribution in [0, 0.1) is 0 Å². The molecule has 0 saturated heterocycles. The third-order valence-electron chi connectivity index (χ3n) is 2.50. The average Bonchev–Trinajstić information content (AvgIpc) is 2.27. The van der Waals surface area contributed by atoms with Gasteiger partial charge in [-0.1, -0.05) is 6.07 Å². The molecule has 0 heterocycles. The fourth-order valence-corrected chi connectivity index (χ4v) is 2.91. The monoisotopic (exact) mass is 254 g/mol. The van der Waals surface area contributed by atoms with E-state index >= 15 is 0 Å². The SMILES string of the molecule is COc1cccc(SCCN(C)C)c1C(C)N. The predicted molar refractivity (Wildman–Crippen MR) is 74.9 cm³/mol. The van der Waals surface area contributed by atoms with E-state index in [0.717, 1.165) is 23.6 Å². The van der Waals surface area contributed by atoms with Gasteiger partial charge in [0, 0.05) is 28.8 Å². The second kappa shape index (κ2) is 6.89. The van der Waals surface area contributed by atoms with Crippen LogP contribution in [0.3, 0.4) is 0 Å². The maximum atomic E-state index is 6.02. The Balaban J connectivity index is 2.83. The molecule has 0 radical (unpaired) electrons. The van der Waals surface area contributed by atoms with Crippen LogP contribution < -0.4 is 10.5 Å². The molecular formula is C13H22N2OS. The van der Waals surface area contributed by atoms with Crippen LogP contribution in [0.15, 0.2) is 23.1 Å². The first-order valence-electron chi connectivity index (χ1n) is 5.76. The lowest BCUT2D eigenvalue weighted by Crippen LogP contribution is -2.15. The third kappa shape index (κ3) is 4.22. The highest BCUT2D eigenvalue weighted by molar-refractivity contribution is 7.99. The quantitative estimate of drug-likeness (QED) is 0.791. The molecule has 1 rings (SSSR count). The number of methoxy groups -OCH3 is 1. The summed E-state index contributed by atoms with van der Waals surface area (Å²) >= 11 is 1.83. The van der Waals surface area contributed by atoms with Crippen molar-refractivity contribution in [3.8, 4) is 5.75 Å². The summed E-state index contributed by atoms with van der Waals surface area (Å²) in [6.07, 6.45) is 0. The van der Waals surface area contributed by atoms with Crippen LogP contribution in [-0.4, -0.2) is 38.4 Å². The Morgan fingerprint density at radius 2 is 2.12 bits per heavy atom. The largest absolute Gasteiger partial charge is 0.496 e. The van der Waals surface area contributed by atoms with Gasteiger partial charge in [0.25, 0.3) is 0 Å². The van der Waals surface area contributed by atoms with Gasteiger partial charge >= 0.3 is 0 Å². The lowest BCUT2D eigenvalue weighted by Gasteiger charge is -2.17. The average molecular weight is 254 g/mol. The minimum Gasteiger partial charge on any atom is -0.496 e. The Labute approximate surface area is 108 Å². The number of hydrogen-bond donors (Lipinski definition) is 1. The Kier molecular flexibility index (Phi) is 5.82. The highest BCUT2D eigenvalue weighted by atomic mass is 32.2. The molecule has 1 aromatic carbocycles. The first-order chi connectivity index (χ1) is 8.06. The summed E-state index contributed by atoms with van der Waals surface area (Å²) in [5.41, 5.74) is 7.13. The molecule has 0 aliphatic rings. The number of nitrogens with zero attached hydrogens (tertiary/aromatic N) is 1. The van der Waals surface area contributed by atoms with E-state index in [-0.39, 0.29) is 6.04 Å². The molecule has 0 amide bonds. The van der Waals surface area contributed by atoms with Crippen LogP contribution in [0.5, 0.6) is 5.75 Å². The van der Waals surface area contributed by atoms with Crippen molar-refractivity contribution in [1.29, 1.82) is 0 Å². The minimum atomic E-state index is -0.00648. The molecule has 17 heavy (non-hydrogen) atoms. The summed E-state index contributed by atoms with van der Waals surface area (Å²) in [7, 11) is 5.85. The van der Waals surface area contributed by atoms with Crippen LogP contribution in [0.2, 0.25) is 0 Å². The lowest BCUT2D eigenvalue weighted by atomic mass is 10.1. The Morgan fingerprint density at radius 1 is 1.41 bits per heavy atom. The summed E-state index contributed by atoms with van der Waals surface area (Å²) in [6, 6.07) is 6.09. The van der Waals surface area contributed by atoms with Gasteiger partial charge in [0.05, 0.1) is 7.11 Å². The zero-order chi connectivity index (χ0) is 12.8. The highest BCUT2D eigenvalue weighted by Crippen LogP contribution is 2.33. The Morgan fingerprint density at radius 3 is 2.65 bits per heavy atom. The summed E-state index contributed by atoms with van der Waals surface area (Å²) < 4.78 is 5.37. The maximum absolute atomic E-state index is 6.02. The maximum Gasteiger partial charge on any atom is 0.124 e. The van der Waals surface area contributed by atoms with Crippen molar-refractivity contribution in [2.24, 2.45) is 5.73 Å². The van der Waals surface area contributed by atoms with Gasteiger partial charge in [-0.15, -0.1) is 11.8 Å². The molecule has 1 unspecified atom stereocenters. The van der Waals surface area contributed by atoms with Crippen LogP contribution in [0.25, 0.3) is 0 Å². The van der Waals surface area contributed by atoms with Gasteiger partial charge in [-0.3, -0.25) is 0 Å². The van der Waals surface area contributed by atoms with E-state index in [0.29, 0.717) is 0 Å². The van der Waals surface area contributed by atoms with Crippen molar-refractivity contribution < 1.29 is 4.74 Å². The number of thioether (sulfide) groups is 1. The van der Waals surface area contributed by atoms with Crippen molar-refractivity contribution in [2.45, 2.75) is 17.9 Å². The normalized spacial score (nSPS) is 12.8. The first kappa shape index (κ1) is 14.4. The molecule has 1 atom stereocenters. The summed E-state index contributed by atoms with van der Waals surface area (Å²) in [4.78, 5) is 3.40. The van der Waals surface area contributed by atoms with Crippen LogP contribution in [0.1, 0.15) is 18.5 Å². The molecule has 0 bridgehead atoms. The van der Waals surface area contributed by atoms with Crippen molar-refractivity contribution in [3.05, 3.63) is 23.8 Å². The number of ether oxygens (including phenoxy) is 1. The van der Waals surface area contributed by atoms with Crippen LogP contribution in [0.4, 0.5) is 0 Å². The second-order valence-electron chi connectivity index (χ2n) is 4.31. The summed E-state index contributed by atoms with van der Waals surface area (Å²) in [5.74, 6) is 1.94. The van der Waals surface area contributed by atoms with E-state index in [1.807, 2.05) is 30.8 Å². The molecule has 1 aromatic rings. The predicted octanol–water partition coefficient (Wildman–Crippen LogP) is 2.37. The van der Waals surface area contributed by atoms with E-state index in [1.165, 1.54) is 4.90 Å². The molecular weight excluding hydrogens is 232 g/mol. The van der Waals surface area contributed by atoms with Gasteiger partial charge in [-0.05, 0) is 33.2 Å². The smallest absolute Gasteiger partial charge is 0.124 e. The molecule has 2 N–H and O–H groups in total. The molecule has 3 nitrogen and oxygen atoms in total. The van der Waals surface area contributed by atoms with Crippen LogP contribution in [-0.2, 0) is 0 Å². The van der Waals surface area contributed by atoms with E-state index in [4.69, 9.17) is 10.5 Å². The first-order valence-corrected chi connectivity index (χ1v) is 6.74.